The summed E-state index contributed by atoms with van der Waals surface area (Å²) in [7, 11) is -0.600. The second-order valence-electron chi connectivity index (χ2n) is 8.03. The minimum atomic E-state index is -4.57. The molecular formula is C20H20F3N7O2S. The first kappa shape index (κ1) is 21.6. The molecule has 4 heterocycles. The van der Waals surface area contributed by atoms with Gasteiger partial charge in [-0.1, -0.05) is 6.92 Å². The van der Waals surface area contributed by atoms with Gasteiger partial charge in [0, 0.05) is 26.3 Å². The van der Waals surface area contributed by atoms with Crippen LogP contribution in [0, 0.1) is 0 Å². The Hall–Kier alpha value is -3.22. The van der Waals surface area contributed by atoms with Gasteiger partial charge in [-0.15, -0.1) is 0 Å². The van der Waals surface area contributed by atoms with Crippen LogP contribution in [0.15, 0.2) is 29.8 Å². The molecule has 0 atom stereocenters. The number of pyridine rings is 1. The van der Waals surface area contributed by atoms with E-state index in [1.165, 1.54) is 16.1 Å². The van der Waals surface area contributed by atoms with Gasteiger partial charge in [0.05, 0.1) is 23.8 Å². The molecule has 0 bridgehead atoms. The summed E-state index contributed by atoms with van der Waals surface area (Å²) in [6, 6.07) is 1.18. The van der Waals surface area contributed by atoms with Crippen LogP contribution in [0.4, 0.5) is 13.2 Å². The molecule has 0 radical (unpaired) electrons. The van der Waals surface area contributed by atoms with Crippen LogP contribution in [0.1, 0.15) is 31.4 Å². The van der Waals surface area contributed by atoms with E-state index in [2.05, 4.69) is 19.9 Å². The lowest BCUT2D eigenvalue weighted by Crippen LogP contribution is -2.12. The van der Waals surface area contributed by atoms with Gasteiger partial charge in [0.2, 0.25) is 0 Å². The molecule has 0 aromatic carbocycles. The Balaban J connectivity index is 1.76. The topological polar surface area (TPSA) is 100 Å². The summed E-state index contributed by atoms with van der Waals surface area (Å²) in [5.74, 6) is 0.321. The Kier molecular flexibility index (Phi) is 4.68. The summed E-state index contributed by atoms with van der Waals surface area (Å²) in [6.45, 7) is 1.52. The summed E-state index contributed by atoms with van der Waals surface area (Å²) in [4.78, 5) is 17.0. The van der Waals surface area contributed by atoms with Crippen LogP contribution in [-0.2, 0) is 30.1 Å². The SMILES string of the molecule is CCS(=O)(=O)c1c(-c2nc3cc(C(F)(F)F)cnc3n2C)nc(-c2cncn2C2CC2)n1C. The monoisotopic (exact) mass is 479 g/mol. The highest BCUT2D eigenvalue weighted by atomic mass is 32.2. The number of hydrogen-bond donors (Lipinski definition) is 0. The van der Waals surface area contributed by atoms with E-state index >= 15 is 0 Å². The van der Waals surface area contributed by atoms with Crippen LogP contribution < -0.4 is 0 Å². The van der Waals surface area contributed by atoms with Gasteiger partial charge < -0.3 is 13.7 Å². The van der Waals surface area contributed by atoms with Crippen LogP contribution in [0.3, 0.4) is 0 Å². The molecule has 1 saturated carbocycles. The summed E-state index contributed by atoms with van der Waals surface area (Å²) in [6.07, 6.45) is 1.47. The number of halogens is 3. The third-order valence-corrected chi connectivity index (χ3v) is 7.62. The molecule has 0 N–H and O–H groups in total. The minimum absolute atomic E-state index is 0.00241. The van der Waals surface area contributed by atoms with Crippen LogP contribution >= 0.6 is 0 Å². The molecular weight excluding hydrogens is 459 g/mol. The average molecular weight is 479 g/mol. The molecule has 4 aromatic rings. The molecule has 0 saturated heterocycles. The van der Waals surface area contributed by atoms with Crippen LogP contribution in [0.25, 0.3) is 34.2 Å². The van der Waals surface area contributed by atoms with Crippen LogP contribution in [0.2, 0.25) is 0 Å². The Labute approximate surface area is 186 Å². The van der Waals surface area contributed by atoms with Crippen molar-refractivity contribution in [3.05, 3.63) is 30.4 Å². The Morgan fingerprint density at radius 3 is 2.45 bits per heavy atom. The van der Waals surface area contributed by atoms with Gasteiger partial charge in [-0.25, -0.2) is 28.4 Å². The number of alkyl halides is 3. The number of rotatable bonds is 5. The van der Waals surface area contributed by atoms with Gasteiger partial charge in [0.15, 0.2) is 32.2 Å². The van der Waals surface area contributed by atoms with E-state index in [1.807, 2.05) is 4.57 Å². The summed E-state index contributed by atoms with van der Waals surface area (Å²) >= 11 is 0. The third kappa shape index (κ3) is 3.41. The Bertz CT molecular complexity index is 1490. The van der Waals surface area contributed by atoms with E-state index in [1.54, 1.807) is 26.6 Å². The largest absolute Gasteiger partial charge is 0.417 e. The van der Waals surface area contributed by atoms with Crippen molar-refractivity contribution in [3.8, 4) is 23.0 Å². The number of nitrogens with zero attached hydrogens (tertiary/aromatic N) is 7. The van der Waals surface area contributed by atoms with E-state index in [0.717, 1.165) is 25.1 Å². The molecule has 0 unspecified atom stereocenters. The molecule has 4 aromatic heterocycles. The van der Waals surface area contributed by atoms with Crippen LogP contribution in [-0.4, -0.2) is 47.8 Å². The van der Waals surface area contributed by atoms with E-state index in [4.69, 9.17) is 0 Å². The van der Waals surface area contributed by atoms with Gasteiger partial charge in [0.1, 0.15) is 16.9 Å². The summed E-state index contributed by atoms with van der Waals surface area (Å²) in [5, 5.41) is -0.0574. The van der Waals surface area contributed by atoms with Gasteiger partial charge in [0.25, 0.3) is 0 Å². The van der Waals surface area contributed by atoms with Crippen molar-refractivity contribution in [2.24, 2.45) is 14.1 Å². The van der Waals surface area contributed by atoms with Crippen molar-refractivity contribution in [2.45, 2.75) is 37.0 Å². The molecule has 1 fully saturated rings. The molecule has 0 amide bonds. The second kappa shape index (κ2) is 7.14. The van der Waals surface area contributed by atoms with Crippen molar-refractivity contribution >= 4 is 21.0 Å². The third-order valence-electron chi connectivity index (χ3n) is 5.80. The molecule has 33 heavy (non-hydrogen) atoms. The van der Waals surface area contributed by atoms with Gasteiger partial charge in [-0.05, 0) is 18.9 Å². The van der Waals surface area contributed by atoms with E-state index in [-0.39, 0.29) is 39.5 Å². The highest BCUT2D eigenvalue weighted by Crippen LogP contribution is 2.40. The molecule has 1 aliphatic carbocycles. The zero-order valence-electron chi connectivity index (χ0n) is 18.0. The predicted octanol–water partition coefficient (Wildman–Crippen LogP) is 3.38. The van der Waals surface area contributed by atoms with Crippen molar-refractivity contribution in [2.75, 3.05) is 5.75 Å². The quantitative estimate of drug-likeness (QED) is 0.435. The van der Waals surface area contributed by atoms with E-state index in [0.29, 0.717) is 11.5 Å². The lowest BCUT2D eigenvalue weighted by molar-refractivity contribution is -0.137. The summed E-state index contributed by atoms with van der Waals surface area (Å²) in [5.41, 5.74) is -0.0245. The van der Waals surface area contributed by atoms with E-state index < -0.39 is 21.6 Å². The fourth-order valence-corrected chi connectivity index (χ4v) is 5.12. The zero-order chi connectivity index (χ0) is 23.7. The standard InChI is InChI=1S/C20H20F3N7O2S/c1-4-33(31,32)19-15(27-17(29(19)3)14-9-24-10-30(14)12-5-6-12)18-26-13-7-11(20(21,22)23)8-25-16(13)28(18)2/h7-10,12H,4-6H2,1-3H3. The molecule has 1 aliphatic rings. The maximum Gasteiger partial charge on any atom is 0.417 e. The Morgan fingerprint density at radius 2 is 1.82 bits per heavy atom. The fourth-order valence-electron chi connectivity index (χ4n) is 3.92. The van der Waals surface area contributed by atoms with Crippen molar-refractivity contribution in [3.63, 3.8) is 0 Å². The number of hydrogen-bond acceptors (Lipinski definition) is 6. The highest BCUT2D eigenvalue weighted by molar-refractivity contribution is 7.91. The lowest BCUT2D eigenvalue weighted by atomic mass is 10.2. The summed E-state index contributed by atoms with van der Waals surface area (Å²) < 4.78 is 70.5. The number of imidazole rings is 3. The first-order chi connectivity index (χ1) is 15.5. The first-order valence-electron chi connectivity index (χ1n) is 10.2. The molecule has 0 spiro atoms. The number of fused-ring (bicyclic) bond motifs is 1. The average Bonchev–Trinajstić information content (AvgIpc) is 3.24. The van der Waals surface area contributed by atoms with Gasteiger partial charge >= 0.3 is 6.18 Å². The number of sulfone groups is 1. The fraction of sp³-hybridized carbons (Fsp3) is 0.400. The lowest BCUT2D eigenvalue weighted by Gasteiger charge is -2.08. The number of aromatic nitrogens is 7. The van der Waals surface area contributed by atoms with Crippen molar-refractivity contribution < 1.29 is 21.6 Å². The smallest absolute Gasteiger partial charge is 0.325 e. The zero-order valence-corrected chi connectivity index (χ0v) is 18.8. The van der Waals surface area contributed by atoms with Crippen molar-refractivity contribution in [1.29, 1.82) is 0 Å². The van der Waals surface area contributed by atoms with E-state index in [9.17, 15) is 21.6 Å². The minimum Gasteiger partial charge on any atom is -0.325 e. The molecule has 0 aliphatic heterocycles. The predicted molar refractivity (Wildman–Crippen MR) is 113 cm³/mol. The molecule has 13 heteroatoms. The normalized spacial score (nSPS) is 15.0. The molecule has 174 valence electrons. The van der Waals surface area contributed by atoms with Crippen LogP contribution in [0.5, 0.6) is 0 Å². The van der Waals surface area contributed by atoms with Crippen molar-refractivity contribution in [1.82, 2.24) is 33.6 Å². The second-order valence-corrected chi connectivity index (χ2v) is 10.2. The first-order valence-corrected chi connectivity index (χ1v) is 11.9. The molecule has 9 nitrogen and oxygen atoms in total. The molecule has 5 rings (SSSR count). The maximum atomic E-state index is 13.2. The van der Waals surface area contributed by atoms with Gasteiger partial charge in [-0.3, -0.25) is 0 Å². The maximum absolute atomic E-state index is 13.2. The van der Waals surface area contributed by atoms with Gasteiger partial charge in [-0.2, -0.15) is 13.2 Å². The Morgan fingerprint density at radius 1 is 1.09 bits per heavy atom. The number of aryl methyl sites for hydroxylation is 1. The highest BCUT2D eigenvalue weighted by Gasteiger charge is 2.34.